The van der Waals surface area contributed by atoms with Crippen molar-refractivity contribution in [2.45, 2.75) is 25.7 Å². The fraction of sp³-hybridized carbons (Fsp3) is 0.500. The smallest absolute Gasteiger partial charge is 0.234 e. The molecule has 1 aliphatic carbocycles. The van der Waals surface area contributed by atoms with E-state index in [4.69, 9.17) is 17.3 Å². The van der Waals surface area contributed by atoms with Gasteiger partial charge in [-0.3, -0.25) is 10.1 Å². The van der Waals surface area contributed by atoms with Gasteiger partial charge in [0, 0.05) is 6.54 Å². The Balaban J connectivity index is 1.87. The predicted octanol–water partition coefficient (Wildman–Crippen LogP) is 1.46. The largest absolute Gasteiger partial charge is 0.341 e. The van der Waals surface area contributed by atoms with Crippen LogP contribution in [0.4, 0.5) is 5.95 Å². The number of H-pyrrole nitrogens is 1. The van der Waals surface area contributed by atoms with Crippen molar-refractivity contribution in [2.24, 2.45) is 11.1 Å². The van der Waals surface area contributed by atoms with Gasteiger partial charge in [0.1, 0.15) is 5.52 Å². The highest BCUT2D eigenvalue weighted by molar-refractivity contribution is 6.33. The fourth-order valence-electron chi connectivity index (χ4n) is 2.66. The summed E-state index contributed by atoms with van der Waals surface area (Å²) in [6.45, 7) is 0.331. The van der Waals surface area contributed by atoms with Crippen LogP contribution in [0.2, 0.25) is 5.15 Å². The number of nitrogens with two attached hydrogens (primary N) is 1. The van der Waals surface area contributed by atoms with Crippen molar-refractivity contribution in [1.29, 1.82) is 0 Å². The van der Waals surface area contributed by atoms with Crippen molar-refractivity contribution < 1.29 is 4.79 Å². The second kappa shape index (κ2) is 4.99. The summed E-state index contributed by atoms with van der Waals surface area (Å²) >= 11 is 6.02. The third-order valence-corrected chi connectivity index (χ3v) is 4.17. The van der Waals surface area contributed by atoms with Gasteiger partial charge in [0.15, 0.2) is 10.8 Å². The number of amides is 1. The zero-order valence-corrected chi connectivity index (χ0v) is 11.6. The number of nitrogens with zero attached hydrogens (tertiary/aromatic N) is 3. The molecule has 106 valence electrons. The van der Waals surface area contributed by atoms with E-state index >= 15 is 0 Å². The van der Waals surface area contributed by atoms with E-state index in [0.29, 0.717) is 17.7 Å². The Morgan fingerprint density at radius 1 is 1.45 bits per heavy atom. The molecule has 7 nitrogen and oxygen atoms in total. The molecule has 0 saturated heterocycles. The normalized spacial score (nSPS) is 17.5. The number of aromatic nitrogens is 4. The average molecular weight is 295 g/mol. The summed E-state index contributed by atoms with van der Waals surface area (Å²) in [6.07, 6.45) is 5.12. The van der Waals surface area contributed by atoms with Crippen molar-refractivity contribution in [2.75, 3.05) is 11.9 Å². The van der Waals surface area contributed by atoms with Crippen molar-refractivity contribution in [1.82, 2.24) is 19.9 Å². The molecule has 0 bridgehead atoms. The Morgan fingerprint density at radius 3 is 2.90 bits per heavy atom. The first-order valence-corrected chi connectivity index (χ1v) is 6.90. The molecule has 4 N–H and O–H groups in total. The zero-order valence-electron chi connectivity index (χ0n) is 10.8. The Kier molecular flexibility index (Phi) is 3.31. The highest BCUT2D eigenvalue weighted by atomic mass is 35.5. The highest BCUT2D eigenvalue weighted by Crippen LogP contribution is 2.38. The number of imidazole rings is 1. The number of halogens is 1. The summed E-state index contributed by atoms with van der Waals surface area (Å²) in [6, 6.07) is 0. The maximum absolute atomic E-state index is 12.4. The third kappa shape index (κ3) is 2.12. The quantitative estimate of drug-likeness (QED) is 0.743. The van der Waals surface area contributed by atoms with Gasteiger partial charge in [-0.2, -0.15) is 9.97 Å². The van der Waals surface area contributed by atoms with Gasteiger partial charge in [0.25, 0.3) is 0 Å². The number of nitrogens with one attached hydrogen (secondary N) is 2. The lowest BCUT2D eigenvalue weighted by atomic mass is 9.85. The Morgan fingerprint density at radius 2 is 2.20 bits per heavy atom. The Labute approximate surface area is 120 Å². The molecule has 2 aromatic heterocycles. The number of rotatable bonds is 3. The molecule has 2 aromatic rings. The average Bonchev–Trinajstić information content (AvgIpc) is 3.08. The lowest BCUT2D eigenvalue weighted by Gasteiger charge is -2.25. The van der Waals surface area contributed by atoms with Crippen LogP contribution in [0, 0.1) is 5.41 Å². The number of aromatic amines is 1. The lowest BCUT2D eigenvalue weighted by molar-refractivity contribution is -0.124. The van der Waals surface area contributed by atoms with Gasteiger partial charge in [0.05, 0.1) is 11.7 Å². The van der Waals surface area contributed by atoms with Gasteiger partial charge in [-0.25, -0.2) is 4.98 Å². The van der Waals surface area contributed by atoms with Crippen LogP contribution in [0.3, 0.4) is 0 Å². The lowest BCUT2D eigenvalue weighted by Crippen LogP contribution is -2.40. The van der Waals surface area contributed by atoms with Crippen LogP contribution >= 0.6 is 11.6 Å². The first kappa shape index (κ1) is 13.3. The minimum atomic E-state index is -0.504. The van der Waals surface area contributed by atoms with E-state index < -0.39 is 5.41 Å². The minimum absolute atomic E-state index is 0.136. The standard InChI is InChI=1S/C12H15ClN6O/c13-8-7-9(16-6-15-7)18-11(17-8)19-10(20)12(5-14)3-1-2-4-12/h6H,1-5,14H2,(H2,15,16,17,18,19,20). The van der Waals surface area contributed by atoms with E-state index in [0.717, 1.165) is 25.7 Å². The van der Waals surface area contributed by atoms with Crippen molar-refractivity contribution in [3.05, 3.63) is 11.5 Å². The molecule has 1 fully saturated rings. The predicted molar refractivity (Wildman–Crippen MR) is 75.3 cm³/mol. The van der Waals surface area contributed by atoms with E-state index in [1.165, 1.54) is 6.33 Å². The molecule has 3 rings (SSSR count). The second-order valence-electron chi connectivity index (χ2n) is 5.08. The number of fused-ring (bicyclic) bond motifs is 1. The molecule has 1 saturated carbocycles. The molecule has 0 unspecified atom stereocenters. The maximum Gasteiger partial charge on any atom is 0.234 e. The molecule has 0 atom stereocenters. The SMILES string of the molecule is NCC1(C(=O)Nc2nc(Cl)c3[nH]cnc3n2)CCCC1. The Bertz CT molecular complexity index is 648. The highest BCUT2D eigenvalue weighted by Gasteiger charge is 2.40. The van der Waals surface area contributed by atoms with Crippen LogP contribution in [0.5, 0.6) is 0 Å². The number of hydrogen-bond acceptors (Lipinski definition) is 5. The van der Waals surface area contributed by atoms with Crippen LogP contribution < -0.4 is 11.1 Å². The zero-order chi connectivity index (χ0) is 14.2. The van der Waals surface area contributed by atoms with Gasteiger partial charge < -0.3 is 10.7 Å². The van der Waals surface area contributed by atoms with Gasteiger partial charge in [-0.15, -0.1) is 0 Å². The number of anilines is 1. The summed E-state index contributed by atoms with van der Waals surface area (Å²) < 4.78 is 0. The second-order valence-corrected chi connectivity index (χ2v) is 5.44. The molecule has 1 amide bonds. The van der Waals surface area contributed by atoms with Gasteiger partial charge >= 0.3 is 0 Å². The van der Waals surface area contributed by atoms with E-state index in [1.54, 1.807) is 0 Å². The van der Waals surface area contributed by atoms with Crippen LogP contribution in [-0.4, -0.2) is 32.4 Å². The molecule has 0 radical (unpaired) electrons. The molecule has 2 heterocycles. The number of hydrogen-bond donors (Lipinski definition) is 3. The van der Waals surface area contributed by atoms with Crippen molar-refractivity contribution in [3.63, 3.8) is 0 Å². The fourth-order valence-corrected chi connectivity index (χ4v) is 2.88. The summed E-state index contributed by atoms with van der Waals surface area (Å²) in [5, 5.41) is 2.95. The molecule has 20 heavy (non-hydrogen) atoms. The van der Waals surface area contributed by atoms with Crippen LogP contribution in [0.25, 0.3) is 11.2 Å². The van der Waals surface area contributed by atoms with E-state index in [2.05, 4.69) is 25.3 Å². The first-order chi connectivity index (χ1) is 9.64. The van der Waals surface area contributed by atoms with E-state index in [-0.39, 0.29) is 17.0 Å². The topological polar surface area (TPSA) is 110 Å². The van der Waals surface area contributed by atoms with Crippen LogP contribution in [0.15, 0.2) is 6.33 Å². The number of carbonyl (C=O) groups excluding carboxylic acids is 1. The minimum Gasteiger partial charge on any atom is -0.341 e. The molecule has 8 heteroatoms. The van der Waals surface area contributed by atoms with Crippen LogP contribution in [0.1, 0.15) is 25.7 Å². The first-order valence-electron chi connectivity index (χ1n) is 6.53. The molecular weight excluding hydrogens is 280 g/mol. The number of carbonyl (C=O) groups is 1. The Hall–Kier alpha value is -1.73. The van der Waals surface area contributed by atoms with E-state index in [9.17, 15) is 4.79 Å². The van der Waals surface area contributed by atoms with Crippen LogP contribution in [-0.2, 0) is 4.79 Å². The summed E-state index contributed by atoms with van der Waals surface area (Å²) in [5.74, 6) is 0.0303. The maximum atomic E-state index is 12.4. The van der Waals surface area contributed by atoms with E-state index in [1.807, 2.05) is 0 Å². The molecule has 0 aromatic carbocycles. The summed E-state index contributed by atoms with van der Waals surface area (Å²) in [5.41, 5.74) is 6.26. The summed E-state index contributed by atoms with van der Waals surface area (Å²) in [4.78, 5) is 27.5. The molecule has 0 aliphatic heterocycles. The molecule has 1 aliphatic rings. The third-order valence-electron chi connectivity index (χ3n) is 3.90. The molecular formula is C12H15ClN6O. The van der Waals surface area contributed by atoms with Gasteiger partial charge in [0.2, 0.25) is 11.9 Å². The van der Waals surface area contributed by atoms with Gasteiger partial charge in [-0.1, -0.05) is 24.4 Å². The summed E-state index contributed by atoms with van der Waals surface area (Å²) in [7, 11) is 0. The molecule has 0 spiro atoms. The van der Waals surface area contributed by atoms with Crippen molar-refractivity contribution >= 4 is 34.6 Å². The van der Waals surface area contributed by atoms with Gasteiger partial charge in [-0.05, 0) is 12.8 Å². The van der Waals surface area contributed by atoms with Crippen molar-refractivity contribution in [3.8, 4) is 0 Å². The monoisotopic (exact) mass is 294 g/mol.